The first kappa shape index (κ1) is 38.0. The van der Waals surface area contributed by atoms with Gasteiger partial charge in [0, 0.05) is 47.1 Å². The second-order valence-corrected chi connectivity index (χ2v) is 13.8. The minimum absolute atomic E-state index is 0.0942. The van der Waals surface area contributed by atoms with Gasteiger partial charge in [-0.25, -0.2) is 0 Å². The van der Waals surface area contributed by atoms with Crippen molar-refractivity contribution in [3.8, 4) is 0 Å². The lowest BCUT2D eigenvalue weighted by molar-refractivity contribution is -0.283. The summed E-state index contributed by atoms with van der Waals surface area (Å²) in [7, 11) is 1.30. The van der Waals surface area contributed by atoms with E-state index >= 15 is 0 Å². The predicted molar refractivity (Wildman–Crippen MR) is 165 cm³/mol. The largest absolute Gasteiger partial charge is 0.459 e. The highest BCUT2D eigenvalue weighted by atomic mass is 16.7. The molecule has 3 fully saturated rings. The van der Waals surface area contributed by atoms with Gasteiger partial charge in [0.1, 0.15) is 23.9 Å². The van der Waals surface area contributed by atoms with Crippen molar-refractivity contribution in [2.45, 2.75) is 116 Å². The summed E-state index contributed by atoms with van der Waals surface area (Å²) in [6.07, 6.45) is -7.83. The van der Waals surface area contributed by atoms with E-state index < -0.39 is 107 Å². The van der Waals surface area contributed by atoms with Crippen LogP contribution in [0.25, 0.3) is 0 Å². The van der Waals surface area contributed by atoms with Crippen LogP contribution in [0.3, 0.4) is 0 Å². The molecule has 15 heteroatoms. The number of ether oxygens (including phenoxy) is 8. The molecule has 1 N–H and O–H groups in total. The third-order valence-electron chi connectivity index (χ3n) is 9.88. The summed E-state index contributed by atoms with van der Waals surface area (Å²) in [6, 6.07) is 0. The summed E-state index contributed by atoms with van der Waals surface area (Å²) in [5, 5.41) is 12.9. The van der Waals surface area contributed by atoms with Crippen molar-refractivity contribution in [1.82, 2.24) is 0 Å². The first-order valence-corrected chi connectivity index (χ1v) is 16.1. The van der Waals surface area contributed by atoms with Gasteiger partial charge in [0.2, 0.25) is 0 Å². The number of hydrogen-bond donors (Lipinski definition) is 1. The van der Waals surface area contributed by atoms with Gasteiger partial charge in [-0.15, -0.1) is 0 Å². The maximum absolute atomic E-state index is 13.6. The molecule has 0 aromatic carbocycles. The van der Waals surface area contributed by atoms with Crippen molar-refractivity contribution in [2.75, 3.05) is 13.7 Å². The number of rotatable bonds is 8. The van der Waals surface area contributed by atoms with E-state index in [1.807, 2.05) is 0 Å². The van der Waals surface area contributed by atoms with E-state index in [0.29, 0.717) is 0 Å². The van der Waals surface area contributed by atoms with Crippen molar-refractivity contribution in [3.05, 3.63) is 24.3 Å². The fourth-order valence-corrected chi connectivity index (χ4v) is 7.80. The summed E-state index contributed by atoms with van der Waals surface area (Å²) < 4.78 is 47.2. The number of aliphatic hydroxyl groups is 1. The van der Waals surface area contributed by atoms with Crippen molar-refractivity contribution < 1.29 is 71.8 Å². The quantitative estimate of drug-likeness (QED) is 0.218. The second-order valence-electron chi connectivity index (χ2n) is 13.8. The molecule has 0 aromatic heterocycles. The summed E-state index contributed by atoms with van der Waals surface area (Å²) >= 11 is 0. The Kier molecular flexibility index (Phi) is 10.7. The van der Waals surface area contributed by atoms with Gasteiger partial charge in [0.15, 0.2) is 30.0 Å². The van der Waals surface area contributed by atoms with Crippen LogP contribution < -0.4 is 0 Å². The fourth-order valence-electron chi connectivity index (χ4n) is 7.80. The Morgan fingerprint density at radius 1 is 0.939 bits per heavy atom. The molecule has 2 aliphatic carbocycles. The number of carbonyl (C=O) groups is 6. The van der Waals surface area contributed by atoms with Crippen molar-refractivity contribution in [2.24, 2.45) is 23.2 Å². The average Bonchev–Trinajstić information content (AvgIpc) is 3.73. The van der Waals surface area contributed by atoms with Gasteiger partial charge in [0.05, 0.1) is 17.9 Å². The fraction of sp³-hybridized carbons (Fsp3) is 0.706. The maximum atomic E-state index is 13.6. The van der Waals surface area contributed by atoms with Gasteiger partial charge >= 0.3 is 35.8 Å². The van der Waals surface area contributed by atoms with E-state index in [4.69, 9.17) is 37.9 Å². The predicted octanol–water partition coefficient (Wildman–Crippen LogP) is 1.51. The zero-order valence-corrected chi connectivity index (χ0v) is 29.2. The number of hydrogen-bond acceptors (Lipinski definition) is 15. The highest BCUT2D eigenvalue weighted by molar-refractivity contribution is 5.78. The Morgan fingerprint density at radius 3 is 1.98 bits per heavy atom. The second kappa shape index (κ2) is 13.8. The number of carbonyl (C=O) groups excluding carboxylic acids is 6. The molecule has 0 unspecified atom stereocenters. The van der Waals surface area contributed by atoms with Gasteiger partial charge in [0.25, 0.3) is 0 Å². The first-order valence-electron chi connectivity index (χ1n) is 16.1. The Morgan fingerprint density at radius 2 is 1.49 bits per heavy atom. The monoisotopic (exact) mass is 694 g/mol. The third kappa shape index (κ3) is 6.72. The summed E-state index contributed by atoms with van der Waals surface area (Å²) in [5.41, 5.74) is -5.82. The zero-order chi connectivity index (χ0) is 36.8. The molecule has 1 spiro atoms. The van der Waals surface area contributed by atoms with Crippen LogP contribution in [0, 0.1) is 23.2 Å². The molecule has 15 nitrogen and oxygen atoms in total. The molecular formula is C34H46O15. The van der Waals surface area contributed by atoms with E-state index in [0.717, 1.165) is 27.7 Å². The average molecular weight is 695 g/mol. The molecule has 0 amide bonds. The Labute approximate surface area is 284 Å². The minimum atomic E-state index is -2.41. The third-order valence-corrected chi connectivity index (χ3v) is 9.88. The molecule has 49 heavy (non-hydrogen) atoms. The van der Waals surface area contributed by atoms with E-state index in [1.54, 1.807) is 13.8 Å². The van der Waals surface area contributed by atoms with E-state index in [-0.39, 0.29) is 24.5 Å². The van der Waals surface area contributed by atoms with Crippen molar-refractivity contribution in [1.29, 1.82) is 0 Å². The molecule has 4 rings (SSSR count). The summed E-state index contributed by atoms with van der Waals surface area (Å²) in [6.45, 7) is 14.8. The van der Waals surface area contributed by atoms with Crippen LogP contribution in [-0.4, -0.2) is 109 Å². The number of epoxide rings is 1. The highest BCUT2D eigenvalue weighted by Gasteiger charge is 2.81. The normalized spacial score (nSPS) is 40.3. The van der Waals surface area contributed by atoms with E-state index in [2.05, 4.69) is 6.58 Å². The zero-order valence-electron chi connectivity index (χ0n) is 29.2. The van der Waals surface area contributed by atoms with Gasteiger partial charge < -0.3 is 43.0 Å². The Hall–Kier alpha value is -3.82. The lowest BCUT2D eigenvalue weighted by Crippen LogP contribution is -2.76. The van der Waals surface area contributed by atoms with Crippen LogP contribution in [0.15, 0.2) is 24.3 Å². The SMILES string of the molecule is C=C1/C=C\[C@@H](OC(C)=O)[C@@]2(C)[C@@H](OC(=O)CC(C)C)[C@@H](OC(C)=O)[C@@H](OC(C)=O)[C@]3(CO3)[C@@H]2[C@H](OC(C)=O)[C@]2(O)[C@@H](C)C(=O)O[C@H]2[C@@H]1OC. The standard InChI is InChI=1S/C34H46O15/c1-15(2)13-23(39)48-27-25(45-19(6)36)28(46-20(7)37)33(14-43-33)26-30(47-21(8)38)34(41)17(4)31(40)49-29(34)24(42-10)16(3)11-12-22(32(26,27)9)44-18(5)35/h11-12,15,17,22,24-30,41H,3,13-14H2,1-2,4-10H3/b12-11-/t17-,22+,24+,25+,26+,27-,28+,29-,30-,32+,33-,34-/m0/s1. The Balaban J connectivity index is 2.18. The molecule has 272 valence electrons. The summed E-state index contributed by atoms with van der Waals surface area (Å²) in [4.78, 5) is 78.1. The molecular weight excluding hydrogens is 648 g/mol. The van der Waals surface area contributed by atoms with E-state index in [9.17, 15) is 33.9 Å². The molecule has 0 aromatic rings. The minimum Gasteiger partial charge on any atom is -0.459 e. The molecule has 2 heterocycles. The lowest BCUT2D eigenvalue weighted by atomic mass is 9.51. The van der Waals surface area contributed by atoms with Crippen LogP contribution in [0.5, 0.6) is 0 Å². The van der Waals surface area contributed by atoms with Crippen LogP contribution in [-0.2, 0) is 66.7 Å². The highest BCUT2D eigenvalue weighted by Crippen LogP contribution is 2.63. The van der Waals surface area contributed by atoms with Crippen LogP contribution >= 0.6 is 0 Å². The van der Waals surface area contributed by atoms with Crippen molar-refractivity contribution >= 4 is 35.8 Å². The number of esters is 6. The van der Waals surface area contributed by atoms with Crippen LogP contribution in [0.2, 0.25) is 0 Å². The van der Waals surface area contributed by atoms with Gasteiger partial charge in [-0.2, -0.15) is 0 Å². The smallest absolute Gasteiger partial charge is 0.312 e. The summed E-state index contributed by atoms with van der Waals surface area (Å²) in [5.74, 6) is -7.92. The molecule has 2 aliphatic heterocycles. The van der Waals surface area contributed by atoms with Gasteiger partial charge in [-0.05, 0) is 24.5 Å². The maximum Gasteiger partial charge on any atom is 0.312 e. The van der Waals surface area contributed by atoms with Crippen LogP contribution in [0.4, 0.5) is 0 Å². The molecule has 4 aliphatic rings. The van der Waals surface area contributed by atoms with Gasteiger partial charge in [-0.3, -0.25) is 28.8 Å². The molecule has 0 radical (unpaired) electrons. The van der Waals surface area contributed by atoms with E-state index in [1.165, 1.54) is 33.1 Å². The van der Waals surface area contributed by atoms with Crippen molar-refractivity contribution in [3.63, 3.8) is 0 Å². The molecule has 0 bridgehead atoms. The number of methoxy groups -OCH3 is 1. The Bertz CT molecular complexity index is 1410. The molecule has 2 saturated heterocycles. The topological polar surface area (TPSA) is 200 Å². The van der Waals surface area contributed by atoms with Crippen LogP contribution in [0.1, 0.15) is 61.8 Å². The molecule has 12 atom stereocenters. The first-order chi connectivity index (χ1) is 22.7. The number of fused-ring (bicyclic) bond motifs is 3. The van der Waals surface area contributed by atoms with Gasteiger partial charge in [-0.1, -0.05) is 33.4 Å². The molecule has 1 saturated carbocycles. The lowest BCUT2D eigenvalue weighted by Gasteiger charge is -2.59.